The number of benzene rings is 8. The average Bonchev–Trinajstić information content (AvgIpc) is 3.85. The fourth-order valence-corrected chi connectivity index (χ4v) is 8.81. The third kappa shape index (κ3) is 5.07. The maximum atomic E-state index is 4.95. The third-order valence-electron chi connectivity index (χ3n) is 11.5. The number of hydrogen-bond acceptors (Lipinski definition) is 3. The van der Waals surface area contributed by atoms with Crippen LogP contribution in [0.25, 0.3) is 111 Å². The van der Waals surface area contributed by atoms with Crippen LogP contribution in [-0.2, 0) is 0 Å². The monoisotopic (exact) mass is 739 g/mol. The molecule has 0 N–H and O–H groups in total. The van der Waals surface area contributed by atoms with Gasteiger partial charge in [-0.1, -0.05) is 158 Å². The number of para-hydroxylation sites is 2. The molecular formula is C53H33N5. The highest BCUT2D eigenvalue weighted by molar-refractivity contribution is 6.21. The molecule has 0 spiro atoms. The zero-order chi connectivity index (χ0) is 38.2. The molecule has 0 saturated carbocycles. The van der Waals surface area contributed by atoms with Crippen LogP contribution in [0.1, 0.15) is 0 Å². The SMILES string of the molecule is c1ccc(-c2nc(-c3ccccc3)nc(-c3ccc(-c4cccc(-n5c6ccccc6c6cc7c8ccccc8c8cc9ccccc9n8c7cc65)c4)cc3)n2)cc1. The Morgan fingerprint density at radius 1 is 0.276 bits per heavy atom. The van der Waals surface area contributed by atoms with Gasteiger partial charge in [-0.15, -0.1) is 0 Å². The minimum atomic E-state index is 0.642. The van der Waals surface area contributed by atoms with Crippen molar-refractivity contribution in [1.29, 1.82) is 0 Å². The zero-order valence-electron chi connectivity index (χ0n) is 31.3. The van der Waals surface area contributed by atoms with Crippen molar-refractivity contribution in [2.45, 2.75) is 0 Å². The Morgan fingerprint density at radius 2 is 0.776 bits per heavy atom. The van der Waals surface area contributed by atoms with Gasteiger partial charge in [-0.2, -0.15) is 0 Å². The molecule has 0 atom stereocenters. The Labute approximate surface area is 333 Å². The first-order chi connectivity index (χ1) is 28.7. The van der Waals surface area contributed by atoms with Gasteiger partial charge in [0.05, 0.1) is 27.6 Å². The molecule has 0 unspecified atom stereocenters. The topological polar surface area (TPSA) is 48.0 Å². The molecule has 8 aromatic carbocycles. The summed E-state index contributed by atoms with van der Waals surface area (Å²) in [5.74, 6) is 1.95. The summed E-state index contributed by atoms with van der Waals surface area (Å²) in [7, 11) is 0. The first-order valence-electron chi connectivity index (χ1n) is 19.6. The lowest BCUT2D eigenvalue weighted by atomic mass is 10.0. The maximum Gasteiger partial charge on any atom is 0.164 e. The average molecular weight is 740 g/mol. The molecule has 4 heterocycles. The molecule has 12 rings (SSSR count). The molecule has 0 aliphatic rings. The lowest BCUT2D eigenvalue weighted by Gasteiger charge is -2.13. The quantitative estimate of drug-likeness (QED) is 0.165. The van der Waals surface area contributed by atoms with Gasteiger partial charge in [0.1, 0.15) is 0 Å². The standard InChI is InChI=1S/C53H33N5/c1-3-14-35(15-4-1)51-54-52(36-16-5-2-6-17-36)56-53(55-51)37-28-26-34(27-29-37)38-19-13-20-40(30-38)57-47-25-12-10-23-43(47)45-32-44-41-21-8-9-22-42(41)48-31-39-18-7-11-24-46(39)58(48)50(44)33-49(45)57/h1-33H. The molecule has 5 nitrogen and oxygen atoms in total. The molecule has 0 saturated heterocycles. The minimum Gasteiger partial charge on any atom is -0.309 e. The van der Waals surface area contributed by atoms with E-state index in [-0.39, 0.29) is 0 Å². The summed E-state index contributed by atoms with van der Waals surface area (Å²) in [5, 5.41) is 7.49. The van der Waals surface area contributed by atoms with Crippen LogP contribution in [0.4, 0.5) is 0 Å². The van der Waals surface area contributed by atoms with Gasteiger partial charge in [0.15, 0.2) is 17.5 Å². The second-order valence-corrected chi connectivity index (χ2v) is 14.9. The molecular weight excluding hydrogens is 707 g/mol. The van der Waals surface area contributed by atoms with Crippen LogP contribution in [0.15, 0.2) is 200 Å². The van der Waals surface area contributed by atoms with Crippen molar-refractivity contribution in [3.05, 3.63) is 200 Å². The van der Waals surface area contributed by atoms with E-state index in [9.17, 15) is 0 Å². The molecule has 0 aliphatic carbocycles. The van der Waals surface area contributed by atoms with Crippen molar-refractivity contribution in [3.8, 4) is 51.0 Å². The summed E-state index contributed by atoms with van der Waals surface area (Å²) < 4.78 is 4.88. The Balaban J connectivity index is 1.01. The lowest BCUT2D eigenvalue weighted by molar-refractivity contribution is 1.07. The van der Waals surface area contributed by atoms with Gasteiger partial charge in [0, 0.05) is 49.3 Å². The highest BCUT2D eigenvalue weighted by atomic mass is 15.0. The fourth-order valence-electron chi connectivity index (χ4n) is 8.81. The van der Waals surface area contributed by atoms with Gasteiger partial charge in [0.25, 0.3) is 0 Å². The minimum absolute atomic E-state index is 0.642. The zero-order valence-corrected chi connectivity index (χ0v) is 31.3. The van der Waals surface area contributed by atoms with E-state index in [2.05, 4.69) is 148 Å². The van der Waals surface area contributed by atoms with Gasteiger partial charge in [-0.25, -0.2) is 15.0 Å². The van der Waals surface area contributed by atoms with E-state index in [0.29, 0.717) is 17.5 Å². The Bertz CT molecular complexity index is 3490. The first-order valence-corrected chi connectivity index (χ1v) is 19.6. The normalized spacial score (nSPS) is 11.8. The molecule has 270 valence electrons. The van der Waals surface area contributed by atoms with Crippen LogP contribution in [0.5, 0.6) is 0 Å². The predicted molar refractivity (Wildman–Crippen MR) is 239 cm³/mol. The van der Waals surface area contributed by atoms with Crippen molar-refractivity contribution in [2.75, 3.05) is 0 Å². The van der Waals surface area contributed by atoms with Crippen molar-refractivity contribution < 1.29 is 0 Å². The van der Waals surface area contributed by atoms with Crippen molar-refractivity contribution in [1.82, 2.24) is 23.9 Å². The molecule has 0 bridgehead atoms. The van der Waals surface area contributed by atoms with Crippen LogP contribution >= 0.6 is 0 Å². The number of aromatic nitrogens is 5. The van der Waals surface area contributed by atoms with E-state index >= 15 is 0 Å². The highest BCUT2D eigenvalue weighted by Crippen LogP contribution is 2.40. The van der Waals surface area contributed by atoms with Gasteiger partial charge in [0.2, 0.25) is 0 Å². The van der Waals surface area contributed by atoms with Gasteiger partial charge in [-0.05, 0) is 59.0 Å². The number of rotatable bonds is 5. The van der Waals surface area contributed by atoms with E-state index in [1.165, 1.54) is 59.9 Å². The van der Waals surface area contributed by atoms with E-state index in [4.69, 9.17) is 15.0 Å². The summed E-state index contributed by atoms with van der Waals surface area (Å²) in [6.45, 7) is 0. The smallest absolute Gasteiger partial charge is 0.164 e. The van der Waals surface area contributed by atoms with Crippen LogP contribution < -0.4 is 0 Å². The summed E-state index contributed by atoms with van der Waals surface area (Å²) in [6.07, 6.45) is 0. The summed E-state index contributed by atoms with van der Waals surface area (Å²) in [5.41, 5.74) is 12.2. The van der Waals surface area contributed by atoms with Crippen LogP contribution in [-0.4, -0.2) is 23.9 Å². The third-order valence-corrected chi connectivity index (χ3v) is 11.5. The van der Waals surface area contributed by atoms with E-state index in [1.807, 2.05) is 60.7 Å². The van der Waals surface area contributed by atoms with Crippen molar-refractivity contribution in [3.63, 3.8) is 0 Å². The molecule has 0 aliphatic heterocycles. The molecule has 4 aromatic heterocycles. The Kier molecular flexibility index (Phi) is 7.16. The number of fused-ring (bicyclic) bond motifs is 11. The van der Waals surface area contributed by atoms with E-state index in [0.717, 1.165) is 33.5 Å². The van der Waals surface area contributed by atoms with E-state index < -0.39 is 0 Å². The van der Waals surface area contributed by atoms with Gasteiger partial charge >= 0.3 is 0 Å². The maximum absolute atomic E-state index is 4.95. The Morgan fingerprint density at radius 3 is 1.47 bits per heavy atom. The summed E-state index contributed by atoms with van der Waals surface area (Å²) in [4.78, 5) is 14.8. The molecule has 12 aromatic rings. The number of pyridine rings is 1. The Hall–Kier alpha value is -7.89. The molecule has 0 radical (unpaired) electrons. The lowest BCUT2D eigenvalue weighted by Crippen LogP contribution is -2.00. The predicted octanol–water partition coefficient (Wildman–Crippen LogP) is 13.3. The largest absolute Gasteiger partial charge is 0.309 e. The second kappa shape index (κ2) is 12.8. The molecule has 0 fully saturated rings. The number of nitrogens with zero attached hydrogens (tertiary/aromatic N) is 5. The highest BCUT2D eigenvalue weighted by Gasteiger charge is 2.19. The van der Waals surface area contributed by atoms with Crippen molar-refractivity contribution >= 4 is 59.9 Å². The molecule has 5 heteroatoms. The first kappa shape index (κ1) is 32.4. The molecule has 58 heavy (non-hydrogen) atoms. The van der Waals surface area contributed by atoms with Crippen molar-refractivity contribution in [2.24, 2.45) is 0 Å². The second-order valence-electron chi connectivity index (χ2n) is 14.9. The molecule has 0 amide bonds. The van der Waals surface area contributed by atoms with Gasteiger partial charge < -0.3 is 8.97 Å². The van der Waals surface area contributed by atoms with Gasteiger partial charge in [-0.3, -0.25) is 0 Å². The summed E-state index contributed by atoms with van der Waals surface area (Å²) >= 11 is 0. The van der Waals surface area contributed by atoms with Crippen LogP contribution in [0.3, 0.4) is 0 Å². The van der Waals surface area contributed by atoms with Crippen LogP contribution in [0.2, 0.25) is 0 Å². The number of hydrogen-bond donors (Lipinski definition) is 0. The summed E-state index contributed by atoms with van der Waals surface area (Å²) in [6, 6.07) is 71.1. The fraction of sp³-hybridized carbons (Fsp3) is 0. The van der Waals surface area contributed by atoms with E-state index in [1.54, 1.807) is 0 Å². The van der Waals surface area contributed by atoms with Crippen LogP contribution in [0, 0.1) is 0 Å².